The van der Waals surface area contributed by atoms with Crippen LogP contribution in [0.2, 0.25) is 0 Å². The van der Waals surface area contributed by atoms with Gasteiger partial charge in [0, 0.05) is 12.8 Å². The van der Waals surface area contributed by atoms with Crippen LogP contribution in [0.15, 0.2) is 22.8 Å². The minimum absolute atomic E-state index is 0.489. The Morgan fingerprint density at radius 3 is 2.90 bits per heavy atom. The molecule has 0 aromatic heterocycles. The van der Waals surface area contributed by atoms with Crippen LogP contribution in [0.3, 0.4) is 0 Å². The summed E-state index contributed by atoms with van der Waals surface area (Å²) in [5.41, 5.74) is 5.53. The molecule has 1 nitrogen and oxygen atoms in total. The van der Waals surface area contributed by atoms with Crippen LogP contribution in [0, 0.1) is 23.2 Å². The number of carbonyl (C=O) groups is 1. The Balaban J connectivity index is 1.64. The number of Topliss-reactive ketones (excluding diaryl/α,β-unsaturated/α-hetero) is 1. The van der Waals surface area contributed by atoms with Crippen molar-refractivity contribution in [1.29, 1.82) is 0 Å². The minimum atomic E-state index is 0.489. The van der Waals surface area contributed by atoms with Crippen LogP contribution in [0.4, 0.5) is 0 Å². The maximum Gasteiger partial charge on any atom is 0.137 e. The van der Waals surface area contributed by atoms with E-state index in [1.165, 1.54) is 38.5 Å². The summed E-state index contributed by atoms with van der Waals surface area (Å²) in [5.74, 6) is 3.10. The average molecular weight is 284 g/mol. The molecule has 0 spiro atoms. The zero-order valence-electron chi connectivity index (χ0n) is 13.6. The van der Waals surface area contributed by atoms with Gasteiger partial charge in [0.05, 0.1) is 0 Å². The number of ketones is 1. The molecule has 0 heterocycles. The van der Waals surface area contributed by atoms with E-state index in [1.54, 1.807) is 16.7 Å². The predicted molar refractivity (Wildman–Crippen MR) is 85.9 cm³/mol. The number of allylic oxidation sites excluding steroid dienone is 4. The summed E-state index contributed by atoms with van der Waals surface area (Å²) < 4.78 is 0. The highest BCUT2D eigenvalue weighted by Gasteiger charge is 2.51. The van der Waals surface area contributed by atoms with Gasteiger partial charge in [0.25, 0.3) is 0 Å². The molecular weight excluding hydrogens is 256 g/mol. The molecule has 4 atom stereocenters. The van der Waals surface area contributed by atoms with E-state index in [0.717, 1.165) is 37.0 Å². The summed E-state index contributed by atoms with van der Waals surface area (Å²) in [5, 5.41) is 0. The highest BCUT2D eigenvalue weighted by molar-refractivity contribution is 5.82. The van der Waals surface area contributed by atoms with Crippen molar-refractivity contribution in [3.63, 3.8) is 0 Å². The van der Waals surface area contributed by atoms with Crippen LogP contribution < -0.4 is 0 Å². The van der Waals surface area contributed by atoms with Crippen molar-refractivity contribution in [3.8, 4) is 0 Å². The van der Waals surface area contributed by atoms with Gasteiger partial charge in [0.1, 0.15) is 5.78 Å². The number of carbonyl (C=O) groups excluding carboxylic acids is 1. The van der Waals surface area contributed by atoms with Crippen molar-refractivity contribution >= 4 is 5.78 Å². The van der Waals surface area contributed by atoms with Gasteiger partial charge in [-0.05, 0) is 68.1 Å². The molecule has 1 saturated carbocycles. The molecule has 4 aliphatic rings. The Kier molecular flexibility index (Phi) is 3.17. The highest BCUT2D eigenvalue weighted by atomic mass is 16.1. The maximum atomic E-state index is 11.8. The highest BCUT2D eigenvalue weighted by Crippen LogP contribution is 2.61. The summed E-state index contributed by atoms with van der Waals surface area (Å²) >= 11 is 0. The molecule has 114 valence electrons. The molecule has 0 aromatic carbocycles. The monoisotopic (exact) mass is 284 g/mol. The molecule has 21 heavy (non-hydrogen) atoms. The summed E-state index contributed by atoms with van der Waals surface area (Å²) in [6.45, 7) is 4.88. The molecule has 0 aliphatic heterocycles. The summed E-state index contributed by atoms with van der Waals surface area (Å²) in [6.07, 6.45) is 13.2. The smallest absolute Gasteiger partial charge is 0.137 e. The van der Waals surface area contributed by atoms with Gasteiger partial charge in [-0.3, -0.25) is 4.79 Å². The van der Waals surface area contributed by atoms with E-state index in [9.17, 15) is 4.79 Å². The topological polar surface area (TPSA) is 17.1 Å². The second-order valence-electron chi connectivity index (χ2n) is 8.03. The largest absolute Gasteiger partial charge is 0.299 e. The molecule has 0 N–H and O–H groups in total. The van der Waals surface area contributed by atoms with E-state index in [-0.39, 0.29) is 0 Å². The first-order valence-corrected chi connectivity index (χ1v) is 9.05. The lowest BCUT2D eigenvalue weighted by Crippen LogP contribution is -2.43. The molecule has 4 aliphatic carbocycles. The lowest BCUT2D eigenvalue weighted by atomic mass is 9.53. The third-order valence-electron chi connectivity index (χ3n) is 7.32. The van der Waals surface area contributed by atoms with Crippen LogP contribution >= 0.6 is 0 Å². The summed E-state index contributed by atoms with van der Waals surface area (Å²) in [7, 11) is 0. The van der Waals surface area contributed by atoms with Crippen molar-refractivity contribution in [3.05, 3.63) is 22.8 Å². The molecular formula is C20H28O. The molecule has 0 bridgehead atoms. The number of hydrogen-bond acceptors (Lipinski definition) is 1. The Labute approximate surface area is 128 Å². The molecule has 0 aromatic rings. The van der Waals surface area contributed by atoms with E-state index in [0.29, 0.717) is 11.2 Å². The second-order valence-corrected chi connectivity index (χ2v) is 8.03. The van der Waals surface area contributed by atoms with Gasteiger partial charge in [-0.2, -0.15) is 0 Å². The van der Waals surface area contributed by atoms with Crippen molar-refractivity contribution in [2.75, 3.05) is 0 Å². The first-order chi connectivity index (χ1) is 10.1. The molecule has 0 amide bonds. The third kappa shape index (κ3) is 1.92. The normalized spacial score (nSPS) is 42.3. The van der Waals surface area contributed by atoms with E-state index < -0.39 is 0 Å². The van der Waals surface area contributed by atoms with Gasteiger partial charge in [-0.15, -0.1) is 0 Å². The van der Waals surface area contributed by atoms with Crippen LogP contribution in [0.1, 0.15) is 71.6 Å². The summed E-state index contributed by atoms with van der Waals surface area (Å²) in [4.78, 5) is 11.8. The molecule has 4 rings (SSSR count). The molecule has 1 fully saturated rings. The number of hydrogen-bond donors (Lipinski definition) is 0. The van der Waals surface area contributed by atoms with Gasteiger partial charge >= 0.3 is 0 Å². The summed E-state index contributed by atoms with van der Waals surface area (Å²) in [6, 6.07) is 0. The van der Waals surface area contributed by atoms with Gasteiger partial charge in [-0.25, -0.2) is 0 Å². The predicted octanol–water partition coefficient (Wildman–Crippen LogP) is 5.22. The Bertz CT molecular complexity index is 538. The van der Waals surface area contributed by atoms with Crippen molar-refractivity contribution in [1.82, 2.24) is 0 Å². The van der Waals surface area contributed by atoms with Gasteiger partial charge < -0.3 is 0 Å². The Morgan fingerprint density at radius 1 is 1.24 bits per heavy atom. The van der Waals surface area contributed by atoms with E-state index in [4.69, 9.17) is 0 Å². The lowest BCUT2D eigenvalue weighted by molar-refractivity contribution is -0.119. The van der Waals surface area contributed by atoms with E-state index in [2.05, 4.69) is 19.9 Å². The number of rotatable bonds is 1. The Morgan fingerprint density at radius 2 is 2.10 bits per heavy atom. The first-order valence-electron chi connectivity index (χ1n) is 9.05. The molecule has 0 saturated heterocycles. The van der Waals surface area contributed by atoms with Gasteiger partial charge in [-0.1, -0.05) is 36.6 Å². The van der Waals surface area contributed by atoms with Crippen LogP contribution in [0.5, 0.6) is 0 Å². The lowest BCUT2D eigenvalue weighted by Gasteiger charge is -2.51. The zero-order valence-corrected chi connectivity index (χ0v) is 13.6. The fourth-order valence-corrected chi connectivity index (χ4v) is 6.26. The van der Waals surface area contributed by atoms with Crippen molar-refractivity contribution in [2.24, 2.45) is 23.2 Å². The van der Waals surface area contributed by atoms with Crippen LogP contribution in [-0.4, -0.2) is 5.78 Å². The molecule has 1 heteroatoms. The first kappa shape index (κ1) is 13.8. The van der Waals surface area contributed by atoms with Crippen molar-refractivity contribution in [2.45, 2.75) is 71.6 Å². The van der Waals surface area contributed by atoms with Crippen molar-refractivity contribution < 1.29 is 4.79 Å². The van der Waals surface area contributed by atoms with Gasteiger partial charge in [0.2, 0.25) is 0 Å². The van der Waals surface area contributed by atoms with E-state index in [1.807, 2.05) is 0 Å². The quantitative estimate of drug-likeness (QED) is 0.603. The molecule has 0 radical (unpaired) electrons. The van der Waals surface area contributed by atoms with E-state index >= 15 is 0 Å². The fraction of sp³-hybridized carbons (Fsp3) is 0.750. The molecule has 3 unspecified atom stereocenters. The maximum absolute atomic E-state index is 11.8. The third-order valence-corrected chi connectivity index (χ3v) is 7.32. The Hall–Kier alpha value is -0.850. The standard InChI is InChI=1S/C20H28O/c1-3-14-5-9-19-18-7-4-13-12-15(21)6-8-16(13)17(18)10-11-20(14,19)2/h5,17-19H,3-4,6-12H2,1-2H3/t17?,18?,19?,20-/m1/s1. The van der Waals surface area contributed by atoms with Gasteiger partial charge in [0.15, 0.2) is 0 Å². The SMILES string of the molecule is CCC1=CCC2C3CCC4=C(CCC(=O)C4)C3CC[C@]12C. The number of fused-ring (bicyclic) bond motifs is 4. The van der Waals surface area contributed by atoms with Crippen LogP contribution in [0.25, 0.3) is 0 Å². The average Bonchev–Trinajstić information content (AvgIpc) is 2.83. The zero-order chi connectivity index (χ0) is 14.6. The minimum Gasteiger partial charge on any atom is -0.299 e. The van der Waals surface area contributed by atoms with Crippen LogP contribution in [-0.2, 0) is 4.79 Å². The second kappa shape index (κ2) is 4.83. The fourth-order valence-electron chi connectivity index (χ4n) is 6.26.